The molecule has 0 saturated heterocycles. The maximum Gasteiger partial charge on any atom is 0.0892 e. The van der Waals surface area contributed by atoms with Crippen LogP contribution in [0, 0.1) is 0 Å². The monoisotopic (exact) mass is 247 g/mol. The van der Waals surface area contributed by atoms with Crippen molar-refractivity contribution in [1.29, 1.82) is 0 Å². The molecule has 0 bridgehead atoms. The standard InChI is InChI=1S/C8H14BrN3O/c1-2-13-8(3-10)6-12-5-7(9)4-11-12/h4-5,8H,2-3,6,10H2,1H3. The first-order valence-electron chi connectivity index (χ1n) is 4.26. The normalized spacial score (nSPS) is 13.2. The van der Waals surface area contributed by atoms with Crippen LogP contribution >= 0.6 is 15.9 Å². The average Bonchev–Trinajstić information content (AvgIpc) is 2.50. The molecule has 2 N–H and O–H groups in total. The van der Waals surface area contributed by atoms with Gasteiger partial charge in [-0.15, -0.1) is 0 Å². The lowest BCUT2D eigenvalue weighted by molar-refractivity contribution is 0.0542. The first-order chi connectivity index (χ1) is 6.26. The van der Waals surface area contributed by atoms with Gasteiger partial charge in [0.2, 0.25) is 0 Å². The summed E-state index contributed by atoms with van der Waals surface area (Å²) in [6.07, 6.45) is 3.71. The van der Waals surface area contributed by atoms with Gasteiger partial charge in [-0.25, -0.2) is 0 Å². The minimum atomic E-state index is 0.0526. The van der Waals surface area contributed by atoms with Crippen LogP contribution in [0.15, 0.2) is 16.9 Å². The maximum atomic E-state index is 5.54. The Labute approximate surface area is 86.2 Å². The van der Waals surface area contributed by atoms with Crippen LogP contribution in [0.2, 0.25) is 0 Å². The van der Waals surface area contributed by atoms with Crippen LogP contribution in [0.3, 0.4) is 0 Å². The molecule has 1 aromatic heterocycles. The summed E-state index contributed by atoms with van der Waals surface area (Å²) in [5.74, 6) is 0. The molecule has 1 heterocycles. The van der Waals surface area contributed by atoms with E-state index >= 15 is 0 Å². The fourth-order valence-electron chi connectivity index (χ4n) is 1.08. The van der Waals surface area contributed by atoms with Crippen LogP contribution in [-0.4, -0.2) is 29.0 Å². The van der Waals surface area contributed by atoms with Crippen LogP contribution in [0.25, 0.3) is 0 Å². The van der Waals surface area contributed by atoms with Gasteiger partial charge in [-0.3, -0.25) is 4.68 Å². The van der Waals surface area contributed by atoms with Crippen LogP contribution in [0.1, 0.15) is 6.92 Å². The van der Waals surface area contributed by atoms with Crippen molar-refractivity contribution in [3.63, 3.8) is 0 Å². The highest BCUT2D eigenvalue weighted by Crippen LogP contribution is 2.07. The largest absolute Gasteiger partial charge is 0.375 e. The SMILES string of the molecule is CCOC(CN)Cn1cc(Br)cn1. The predicted molar refractivity (Wildman–Crippen MR) is 54.4 cm³/mol. The zero-order valence-electron chi connectivity index (χ0n) is 7.61. The van der Waals surface area contributed by atoms with Crippen molar-refractivity contribution in [3.8, 4) is 0 Å². The number of aromatic nitrogens is 2. The molecule has 0 radical (unpaired) electrons. The van der Waals surface area contributed by atoms with Crippen molar-refractivity contribution in [2.75, 3.05) is 13.2 Å². The number of halogens is 1. The first-order valence-corrected chi connectivity index (χ1v) is 5.05. The van der Waals surface area contributed by atoms with Gasteiger partial charge >= 0.3 is 0 Å². The van der Waals surface area contributed by atoms with Crippen molar-refractivity contribution >= 4 is 15.9 Å². The van der Waals surface area contributed by atoms with Crippen LogP contribution in [0.5, 0.6) is 0 Å². The summed E-state index contributed by atoms with van der Waals surface area (Å²) in [5.41, 5.74) is 5.54. The van der Waals surface area contributed by atoms with E-state index in [9.17, 15) is 0 Å². The second-order valence-electron chi connectivity index (χ2n) is 2.69. The molecule has 1 aromatic rings. The van der Waals surface area contributed by atoms with Crippen LogP contribution in [-0.2, 0) is 11.3 Å². The van der Waals surface area contributed by atoms with Gasteiger partial charge in [-0.2, -0.15) is 5.10 Å². The molecule has 4 nitrogen and oxygen atoms in total. The third-order valence-electron chi connectivity index (χ3n) is 1.66. The summed E-state index contributed by atoms with van der Waals surface area (Å²) in [7, 11) is 0. The molecule has 0 aromatic carbocycles. The summed E-state index contributed by atoms with van der Waals surface area (Å²) < 4.78 is 8.19. The second kappa shape index (κ2) is 5.36. The Hall–Kier alpha value is -0.390. The fourth-order valence-corrected chi connectivity index (χ4v) is 1.41. The van der Waals surface area contributed by atoms with E-state index in [0.717, 1.165) is 4.47 Å². The Balaban J connectivity index is 2.46. The van der Waals surface area contributed by atoms with Gasteiger partial charge < -0.3 is 10.5 Å². The number of ether oxygens (including phenoxy) is 1. The molecule has 13 heavy (non-hydrogen) atoms. The molecule has 0 aliphatic carbocycles. The summed E-state index contributed by atoms with van der Waals surface area (Å²) in [5, 5.41) is 4.12. The first kappa shape index (κ1) is 10.7. The highest BCUT2D eigenvalue weighted by molar-refractivity contribution is 9.10. The number of hydrogen-bond acceptors (Lipinski definition) is 3. The molecule has 0 saturated carbocycles. The van der Waals surface area contributed by atoms with E-state index in [0.29, 0.717) is 19.7 Å². The summed E-state index contributed by atoms with van der Waals surface area (Å²) >= 11 is 3.33. The Kier molecular flexibility index (Phi) is 4.41. The van der Waals surface area contributed by atoms with Gasteiger partial charge in [0.05, 0.1) is 23.3 Å². The molecule has 1 rings (SSSR count). The molecule has 0 amide bonds. The van der Waals surface area contributed by atoms with E-state index in [-0.39, 0.29) is 6.10 Å². The molecule has 1 unspecified atom stereocenters. The Morgan fingerprint density at radius 3 is 3.00 bits per heavy atom. The molecular weight excluding hydrogens is 234 g/mol. The van der Waals surface area contributed by atoms with E-state index < -0.39 is 0 Å². The van der Waals surface area contributed by atoms with Gasteiger partial charge in [-0.1, -0.05) is 0 Å². The van der Waals surface area contributed by atoms with E-state index in [1.807, 2.05) is 17.8 Å². The van der Waals surface area contributed by atoms with Crippen molar-refractivity contribution in [2.45, 2.75) is 19.6 Å². The molecular formula is C8H14BrN3O. The van der Waals surface area contributed by atoms with E-state index in [2.05, 4.69) is 21.0 Å². The Bertz CT molecular complexity index is 251. The molecule has 0 fully saturated rings. The number of hydrogen-bond donors (Lipinski definition) is 1. The smallest absolute Gasteiger partial charge is 0.0892 e. The molecule has 0 aliphatic heterocycles. The van der Waals surface area contributed by atoms with Crippen molar-refractivity contribution in [3.05, 3.63) is 16.9 Å². The summed E-state index contributed by atoms with van der Waals surface area (Å²) in [4.78, 5) is 0. The van der Waals surface area contributed by atoms with Gasteiger partial charge in [0.25, 0.3) is 0 Å². The molecule has 5 heteroatoms. The topological polar surface area (TPSA) is 53.1 Å². The van der Waals surface area contributed by atoms with E-state index in [1.54, 1.807) is 6.20 Å². The van der Waals surface area contributed by atoms with Gasteiger partial charge in [0, 0.05) is 19.3 Å². The summed E-state index contributed by atoms with van der Waals surface area (Å²) in [6.45, 7) is 3.87. The minimum Gasteiger partial charge on any atom is -0.375 e. The molecule has 0 spiro atoms. The Morgan fingerprint density at radius 2 is 2.54 bits per heavy atom. The maximum absolute atomic E-state index is 5.54. The van der Waals surface area contributed by atoms with Crippen molar-refractivity contribution in [2.24, 2.45) is 5.73 Å². The molecule has 0 aliphatic rings. The summed E-state index contributed by atoms with van der Waals surface area (Å²) in [6, 6.07) is 0. The zero-order valence-corrected chi connectivity index (χ0v) is 9.20. The highest BCUT2D eigenvalue weighted by atomic mass is 79.9. The lowest BCUT2D eigenvalue weighted by Crippen LogP contribution is -2.28. The number of nitrogens with zero attached hydrogens (tertiary/aromatic N) is 2. The molecule has 74 valence electrons. The Morgan fingerprint density at radius 1 is 1.77 bits per heavy atom. The van der Waals surface area contributed by atoms with Crippen LogP contribution < -0.4 is 5.73 Å². The van der Waals surface area contributed by atoms with Gasteiger partial charge in [0.1, 0.15) is 0 Å². The van der Waals surface area contributed by atoms with Gasteiger partial charge in [0.15, 0.2) is 0 Å². The van der Waals surface area contributed by atoms with E-state index in [1.165, 1.54) is 0 Å². The highest BCUT2D eigenvalue weighted by Gasteiger charge is 2.07. The van der Waals surface area contributed by atoms with E-state index in [4.69, 9.17) is 10.5 Å². The third kappa shape index (κ3) is 3.46. The van der Waals surface area contributed by atoms with Crippen molar-refractivity contribution < 1.29 is 4.74 Å². The average molecular weight is 248 g/mol. The predicted octanol–water partition coefficient (Wildman–Crippen LogP) is 1.01. The molecule has 1 atom stereocenters. The number of nitrogens with two attached hydrogens (primary N) is 1. The fraction of sp³-hybridized carbons (Fsp3) is 0.625. The third-order valence-corrected chi connectivity index (χ3v) is 2.07. The lowest BCUT2D eigenvalue weighted by atomic mass is 10.3. The zero-order chi connectivity index (χ0) is 9.68. The van der Waals surface area contributed by atoms with Gasteiger partial charge in [-0.05, 0) is 22.9 Å². The second-order valence-corrected chi connectivity index (χ2v) is 3.61. The quantitative estimate of drug-likeness (QED) is 0.846. The lowest BCUT2D eigenvalue weighted by Gasteiger charge is -2.14. The number of rotatable bonds is 5. The minimum absolute atomic E-state index is 0.0526. The van der Waals surface area contributed by atoms with Crippen LogP contribution in [0.4, 0.5) is 0 Å². The van der Waals surface area contributed by atoms with Crippen molar-refractivity contribution in [1.82, 2.24) is 9.78 Å².